The van der Waals surface area contributed by atoms with Crippen LogP contribution >= 0.6 is 0 Å². The molecule has 2 rings (SSSR count). The first-order valence-electron chi connectivity index (χ1n) is 6.71. The van der Waals surface area contributed by atoms with E-state index in [-0.39, 0.29) is 6.04 Å². The van der Waals surface area contributed by atoms with Crippen LogP contribution in [0.15, 0.2) is 54.6 Å². The molecule has 0 saturated heterocycles. The molecule has 2 N–H and O–H groups in total. The quantitative estimate of drug-likeness (QED) is 0.879. The Morgan fingerprint density at radius 3 is 2.26 bits per heavy atom. The molecule has 0 bridgehead atoms. The van der Waals surface area contributed by atoms with Gasteiger partial charge in [0.2, 0.25) is 0 Å². The summed E-state index contributed by atoms with van der Waals surface area (Å²) in [4.78, 5) is 0. The summed E-state index contributed by atoms with van der Waals surface area (Å²) in [7, 11) is 1.69. The second-order valence-electron chi connectivity index (χ2n) is 4.69. The molecule has 2 aromatic carbocycles. The minimum Gasteiger partial charge on any atom is -0.496 e. The third kappa shape index (κ3) is 2.96. The maximum absolute atomic E-state index is 6.48. The first kappa shape index (κ1) is 13.6. The molecule has 0 aromatic heterocycles. The smallest absolute Gasteiger partial charge is 0.123 e. The van der Waals surface area contributed by atoms with Crippen LogP contribution in [0.25, 0.3) is 0 Å². The standard InChI is InChI=1S/C17H21NO/c1-3-14(13-9-5-4-6-10-13)17(18)15-11-7-8-12-16(15)19-2/h4-12,14,17H,3,18H2,1-2H3. The zero-order valence-electron chi connectivity index (χ0n) is 11.5. The lowest BCUT2D eigenvalue weighted by Crippen LogP contribution is -2.20. The van der Waals surface area contributed by atoms with E-state index in [1.807, 2.05) is 24.3 Å². The fourth-order valence-corrected chi connectivity index (χ4v) is 2.56. The van der Waals surface area contributed by atoms with Crippen molar-refractivity contribution in [3.63, 3.8) is 0 Å². The molecule has 0 aliphatic carbocycles. The number of nitrogens with two attached hydrogens (primary N) is 1. The van der Waals surface area contributed by atoms with Crippen molar-refractivity contribution < 1.29 is 4.74 Å². The van der Waals surface area contributed by atoms with Crippen LogP contribution in [0.1, 0.15) is 36.4 Å². The van der Waals surface area contributed by atoms with Crippen LogP contribution < -0.4 is 10.5 Å². The summed E-state index contributed by atoms with van der Waals surface area (Å²) in [6.45, 7) is 2.17. The lowest BCUT2D eigenvalue weighted by atomic mass is 9.85. The molecule has 0 amide bonds. The monoisotopic (exact) mass is 255 g/mol. The molecule has 0 aliphatic heterocycles. The van der Waals surface area contributed by atoms with Crippen molar-refractivity contribution in [3.05, 3.63) is 65.7 Å². The van der Waals surface area contributed by atoms with Gasteiger partial charge in [0.1, 0.15) is 5.75 Å². The van der Waals surface area contributed by atoms with Gasteiger partial charge < -0.3 is 10.5 Å². The number of hydrogen-bond donors (Lipinski definition) is 1. The molecule has 100 valence electrons. The van der Waals surface area contributed by atoms with Gasteiger partial charge in [0.15, 0.2) is 0 Å². The predicted molar refractivity (Wildman–Crippen MR) is 79.4 cm³/mol. The van der Waals surface area contributed by atoms with Gasteiger partial charge in [-0.3, -0.25) is 0 Å². The number of benzene rings is 2. The normalized spacial score (nSPS) is 13.8. The van der Waals surface area contributed by atoms with Crippen LogP contribution in [0.2, 0.25) is 0 Å². The highest BCUT2D eigenvalue weighted by molar-refractivity contribution is 5.38. The van der Waals surface area contributed by atoms with Gasteiger partial charge in [0, 0.05) is 17.5 Å². The number of hydrogen-bond acceptors (Lipinski definition) is 2. The molecule has 2 nitrogen and oxygen atoms in total. The summed E-state index contributed by atoms with van der Waals surface area (Å²) in [5.74, 6) is 1.17. The van der Waals surface area contributed by atoms with E-state index in [1.165, 1.54) is 5.56 Å². The van der Waals surface area contributed by atoms with Crippen molar-refractivity contribution in [2.45, 2.75) is 25.3 Å². The van der Waals surface area contributed by atoms with Crippen molar-refractivity contribution in [1.82, 2.24) is 0 Å². The zero-order chi connectivity index (χ0) is 13.7. The summed E-state index contributed by atoms with van der Waals surface area (Å²) in [5.41, 5.74) is 8.83. The summed E-state index contributed by atoms with van der Waals surface area (Å²) in [5, 5.41) is 0. The zero-order valence-corrected chi connectivity index (χ0v) is 11.5. The van der Waals surface area contributed by atoms with Gasteiger partial charge in [-0.05, 0) is 18.1 Å². The van der Waals surface area contributed by atoms with Crippen LogP contribution in [0.3, 0.4) is 0 Å². The van der Waals surface area contributed by atoms with Crippen molar-refractivity contribution in [1.29, 1.82) is 0 Å². The first-order valence-corrected chi connectivity index (χ1v) is 6.71. The number of rotatable bonds is 5. The van der Waals surface area contributed by atoms with E-state index in [4.69, 9.17) is 10.5 Å². The SMILES string of the molecule is CCC(c1ccccc1)C(N)c1ccccc1OC. The topological polar surface area (TPSA) is 35.2 Å². The van der Waals surface area contributed by atoms with Crippen LogP contribution in [0, 0.1) is 0 Å². The third-order valence-corrected chi connectivity index (χ3v) is 3.60. The van der Waals surface area contributed by atoms with Crippen molar-refractivity contribution in [2.24, 2.45) is 5.73 Å². The Kier molecular flexibility index (Phi) is 4.58. The Bertz CT molecular complexity index is 510. The highest BCUT2D eigenvalue weighted by Gasteiger charge is 2.22. The Balaban J connectivity index is 2.33. The summed E-state index contributed by atoms with van der Waals surface area (Å²) >= 11 is 0. The highest BCUT2D eigenvalue weighted by atomic mass is 16.5. The fraction of sp³-hybridized carbons (Fsp3) is 0.294. The van der Waals surface area contributed by atoms with Gasteiger partial charge in [-0.15, -0.1) is 0 Å². The Labute approximate surface area is 115 Å². The van der Waals surface area contributed by atoms with Crippen molar-refractivity contribution in [3.8, 4) is 5.75 Å². The van der Waals surface area contributed by atoms with E-state index >= 15 is 0 Å². The molecular weight excluding hydrogens is 234 g/mol. The highest BCUT2D eigenvalue weighted by Crippen LogP contribution is 2.35. The molecule has 19 heavy (non-hydrogen) atoms. The van der Waals surface area contributed by atoms with Crippen molar-refractivity contribution >= 4 is 0 Å². The van der Waals surface area contributed by atoms with Crippen LogP contribution in [-0.2, 0) is 0 Å². The lowest BCUT2D eigenvalue weighted by Gasteiger charge is -2.25. The predicted octanol–water partition coefficient (Wildman–Crippen LogP) is 3.89. The molecule has 0 saturated carbocycles. The van der Waals surface area contributed by atoms with Gasteiger partial charge >= 0.3 is 0 Å². The first-order chi connectivity index (χ1) is 9.27. The minimum absolute atomic E-state index is 0.0523. The molecule has 2 atom stereocenters. The molecule has 2 unspecified atom stereocenters. The molecule has 0 spiro atoms. The number of para-hydroxylation sites is 1. The van der Waals surface area contributed by atoms with E-state index in [0.717, 1.165) is 17.7 Å². The second kappa shape index (κ2) is 6.39. The van der Waals surface area contributed by atoms with E-state index < -0.39 is 0 Å². The molecule has 0 radical (unpaired) electrons. The Hall–Kier alpha value is -1.80. The Morgan fingerprint density at radius 1 is 1.00 bits per heavy atom. The third-order valence-electron chi connectivity index (χ3n) is 3.60. The summed E-state index contributed by atoms with van der Waals surface area (Å²) in [6, 6.07) is 18.4. The average Bonchev–Trinajstić information content (AvgIpc) is 2.49. The minimum atomic E-state index is -0.0523. The van der Waals surface area contributed by atoms with Gasteiger partial charge in [-0.2, -0.15) is 0 Å². The lowest BCUT2D eigenvalue weighted by molar-refractivity contribution is 0.399. The van der Waals surface area contributed by atoms with Gasteiger partial charge in [0.25, 0.3) is 0 Å². The summed E-state index contributed by atoms with van der Waals surface area (Å²) < 4.78 is 5.42. The molecule has 0 fully saturated rings. The molecule has 0 heterocycles. The largest absolute Gasteiger partial charge is 0.496 e. The van der Waals surface area contributed by atoms with Crippen LogP contribution in [0.5, 0.6) is 5.75 Å². The molecule has 0 aliphatic rings. The van der Waals surface area contributed by atoms with Gasteiger partial charge in [-0.1, -0.05) is 55.5 Å². The van der Waals surface area contributed by atoms with Gasteiger partial charge in [0.05, 0.1) is 7.11 Å². The average molecular weight is 255 g/mol. The maximum Gasteiger partial charge on any atom is 0.123 e. The van der Waals surface area contributed by atoms with E-state index in [0.29, 0.717) is 5.92 Å². The van der Waals surface area contributed by atoms with E-state index in [2.05, 4.69) is 37.3 Å². The number of ether oxygens (including phenoxy) is 1. The van der Waals surface area contributed by atoms with Gasteiger partial charge in [-0.25, -0.2) is 0 Å². The number of methoxy groups -OCH3 is 1. The molecule has 2 heteroatoms. The van der Waals surface area contributed by atoms with E-state index in [9.17, 15) is 0 Å². The van der Waals surface area contributed by atoms with E-state index in [1.54, 1.807) is 7.11 Å². The Morgan fingerprint density at radius 2 is 1.63 bits per heavy atom. The van der Waals surface area contributed by atoms with Crippen LogP contribution in [0.4, 0.5) is 0 Å². The molecule has 2 aromatic rings. The molecular formula is C17H21NO. The second-order valence-corrected chi connectivity index (χ2v) is 4.69. The van der Waals surface area contributed by atoms with Crippen molar-refractivity contribution in [2.75, 3.05) is 7.11 Å². The maximum atomic E-state index is 6.48. The van der Waals surface area contributed by atoms with Crippen LogP contribution in [-0.4, -0.2) is 7.11 Å². The summed E-state index contributed by atoms with van der Waals surface area (Å²) in [6.07, 6.45) is 1.00. The fourth-order valence-electron chi connectivity index (χ4n) is 2.56.